The topological polar surface area (TPSA) is 0 Å². The molecule has 0 saturated carbocycles. The molecule has 0 heterocycles. The highest BCUT2D eigenvalue weighted by Crippen LogP contribution is 2.17. The minimum atomic E-state index is 0.653. The predicted octanol–water partition coefficient (Wildman–Crippen LogP) is 9.36. The first-order valence-corrected chi connectivity index (χ1v) is 11.3. The molecule has 0 nitrogen and oxygen atoms in total. The zero-order valence-electron chi connectivity index (χ0n) is 20.7. The normalized spacial score (nSPS) is 10.4. The average molecular weight is 403 g/mol. The third-order valence-corrected chi connectivity index (χ3v) is 5.26. The Morgan fingerprint density at radius 1 is 0.467 bits per heavy atom. The highest BCUT2D eigenvalue weighted by Gasteiger charge is 1.99. The van der Waals surface area contributed by atoms with E-state index in [1.165, 1.54) is 33.4 Å². The van der Waals surface area contributed by atoms with Crippen LogP contribution in [0.5, 0.6) is 0 Å². The van der Waals surface area contributed by atoms with E-state index in [0.717, 1.165) is 0 Å². The summed E-state index contributed by atoms with van der Waals surface area (Å²) in [4.78, 5) is 0. The summed E-state index contributed by atoms with van der Waals surface area (Å²) < 4.78 is 0. The Balaban J connectivity index is 0.000000225. The maximum Gasteiger partial charge on any atom is -0.0216 e. The summed E-state index contributed by atoms with van der Waals surface area (Å²) in [6.07, 6.45) is 0. The van der Waals surface area contributed by atoms with E-state index in [1.54, 1.807) is 0 Å². The largest absolute Gasteiger partial charge is 0.0620 e. The van der Waals surface area contributed by atoms with Gasteiger partial charge in [-0.1, -0.05) is 125 Å². The molecule has 0 aliphatic carbocycles. The number of hydrogen-bond donors (Lipinski definition) is 0. The second kappa shape index (κ2) is 13.1. The Kier molecular flexibility index (Phi) is 11.2. The first-order chi connectivity index (χ1) is 14.1. The molecule has 162 valence electrons. The fourth-order valence-corrected chi connectivity index (χ4v) is 3.22. The first-order valence-electron chi connectivity index (χ1n) is 11.3. The molecule has 3 aromatic rings. The summed E-state index contributed by atoms with van der Waals surface area (Å²) in [6, 6.07) is 25.9. The summed E-state index contributed by atoms with van der Waals surface area (Å²) in [5.74, 6) is 1.96. The zero-order valence-corrected chi connectivity index (χ0v) is 20.7. The van der Waals surface area contributed by atoms with Crippen molar-refractivity contribution in [3.05, 3.63) is 106 Å². The number of hydrogen-bond acceptors (Lipinski definition) is 0. The molecule has 0 bridgehead atoms. The molecule has 0 fully saturated rings. The third kappa shape index (κ3) is 9.44. The van der Waals surface area contributed by atoms with Gasteiger partial charge in [0, 0.05) is 0 Å². The van der Waals surface area contributed by atoms with E-state index in [1.807, 2.05) is 0 Å². The summed E-state index contributed by atoms with van der Waals surface area (Å²) in [5, 5.41) is 0. The van der Waals surface area contributed by atoms with Gasteiger partial charge < -0.3 is 0 Å². The highest BCUT2D eigenvalue weighted by molar-refractivity contribution is 5.28. The van der Waals surface area contributed by atoms with Crippen molar-refractivity contribution in [2.24, 2.45) is 0 Å². The van der Waals surface area contributed by atoms with Crippen LogP contribution in [-0.4, -0.2) is 0 Å². The molecule has 0 saturated heterocycles. The third-order valence-electron chi connectivity index (χ3n) is 5.26. The quantitative estimate of drug-likeness (QED) is 0.409. The molecule has 0 atom stereocenters. The monoisotopic (exact) mass is 402 g/mol. The van der Waals surface area contributed by atoms with E-state index in [2.05, 4.69) is 135 Å². The average Bonchev–Trinajstić information content (AvgIpc) is 2.69. The molecule has 0 N–H and O–H groups in total. The maximum atomic E-state index is 2.24. The molecular formula is C30H42. The van der Waals surface area contributed by atoms with E-state index in [-0.39, 0.29) is 0 Å². The molecule has 0 spiro atoms. The lowest BCUT2D eigenvalue weighted by Crippen LogP contribution is -1.89. The van der Waals surface area contributed by atoms with Gasteiger partial charge in [0.2, 0.25) is 0 Å². The standard InChI is InChI=1S/3C10H14/c1-8(2)10-6-4-9(3)5-7-10;1-8(2)10-6-4-5-9(3)7-10;1-8(2)10-7-5-4-6-9(10)3/h3*4-8H,1-3H3. The minimum absolute atomic E-state index is 0.653. The molecule has 0 radical (unpaired) electrons. The molecule has 0 amide bonds. The van der Waals surface area contributed by atoms with E-state index in [0.29, 0.717) is 17.8 Å². The summed E-state index contributed by atoms with van der Waals surface area (Å²) in [5.41, 5.74) is 8.40. The Hall–Kier alpha value is -2.34. The van der Waals surface area contributed by atoms with Crippen LogP contribution in [0.3, 0.4) is 0 Å². The van der Waals surface area contributed by atoms with Crippen LogP contribution in [-0.2, 0) is 0 Å². The van der Waals surface area contributed by atoms with E-state index in [9.17, 15) is 0 Å². The summed E-state index contributed by atoms with van der Waals surface area (Å²) >= 11 is 0. The molecule has 0 unspecified atom stereocenters. The number of benzene rings is 3. The van der Waals surface area contributed by atoms with Crippen molar-refractivity contribution in [3.63, 3.8) is 0 Å². The molecule has 3 aromatic carbocycles. The molecular weight excluding hydrogens is 360 g/mol. The van der Waals surface area contributed by atoms with Gasteiger partial charge in [0.05, 0.1) is 0 Å². The van der Waals surface area contributed by atoms with Gasteiger partial charge in [0.1, 0.15) is 0 Å². The van der Waals surface area contributed by atoms with Crippen molar-refractivity contribution in [1.82, 2.24) is 0 Å². The molecule has 30 heavy (non-hydrogen) atoms. The van der Waals surface area contributed by atoms with Gasteiger partial charge in [-0.3, -0.25) is 0 Å². The van der Waals surface area contributed by atoms with E-state index >= 15 is 0 Å². The Labute approximate surface area is 186 Å². The molecule has 0 aliphatic rings. The molecule has 3 rings (SSSR count). The Bertz CT molecular complexity index is 851. The SMILES string of the molecule is Cc1ccc(C(C)C)cc1.Cc1cccc(C(C)C)c1.Cc1ccccc1C(C)C. The van der Waals surface area contributed by atoms with Gasteiger partial charge in [0.15, 0.2) is 0 Å². The molecule has 0 aromatic heterocycles. The summed E-state index contributed by atoms with van der Waals surface area (Å²) in [6.45, 7) is 19.7. The lowest BCUT2D eigenvalue weighted by Gasteiger charge is -2.07. The van der Waals surface area contributed by atoms with Crippen LogP contribution in [0.4, 0.5) is 0 Å². The predicted molar refractivity (Wildman–Crippen MR) is 136 cm³/mol. The lowest BCUT2D eigenvalue weighted by atomic mass is 9.99. The lowest BCUT2D eigenvalue weighted by molar-refractivity contribution is 0.856. The fraction of sp³-hybridized carbons (Fsp3) is 0.400. The van der Waals surface area contributed by atoms with Gasteiger partial charge in [-0.05, 0) is 60.8 Å². The fourth-order valence-electron chi connectivity index (χ4n) is 3.22. The molecule has 0 aliphatic heterocycles. The Morgan fingerprint density at radius 2 is 1.03 bits per heavy atom. The number of rotatable bonds is 3. The second-order valence-corrected chi connectivity index (χ2v) is 9.15. The molecule has 0 heteroatoms. The maximum absolute atomic E-state index is 2.24. The van der Waals surface area contributed by atoms with Crippen molar-refractivity contribution in [2.75, 3.05) is 0 Å². The van der Waals surface area contributed by atoms with Crippen molar-refractivity contribution < 1.29 is 0 Å². The summed E-state index contributed by atoms with van der Waals surface area (Å²) in [7, 11) is 0. The van der Waals surface area contributed by atoms with Gasteiger partial charge in [-0.15, -0.1) is 0 Å². The smallest absolute Gasteiger partial charge is 0.0216 e. The van der Waals surface area contributed by atoms with Gasteiger partial charge in [0.25, 0.3) is 0 Å². The van der Waals surface area contributed by atoms with Crippen LogP contribution >= 0.6 is 0 Å². The van der Waals surface area contributed by atoms with E-state index < -0.39 is 0 Å². The van der Waals surface area contributed by atoms with E-state index in [4.69, 9.17) is 0 Å². The first kappa shape index (κ1) is 25.7. The highest BCUT2D eigenvalue weighted by atomic mass is 14.0. The van der Waals surface area contributed by atoms with Crippen LogP contribution in [0, 0.1) is 20.8 Å². The Morgan fingerprint density at radius 3 is 1.43 bits per heavy atom. The van der Waals surface area contributed by atoms with Gasteiger partial charge >= 0.3 is 0 Å². The van der Waals surface area contributed by atoms with Crippen molar-refractivity contribution in [3.8, 4) is 0 Å². The minimum Gasteiger partial charge on any atom is -0.0620 e. The van der Waals surface area contributed by atoms with Crippen LogP contribution in [0.15, 0.2) is 72.8 Å². The van der Waals surface area contributed by atoms with Crippen LogP contribution in [0.2, 0.25) is 0 Å². The van der Waals surface area contributed by atoms with Gasteiger partial charge in [-0.25, -0.2) is 0 Å². The second-order valence-electron chi connectivity index (χ2n) is 9.15. The zero-order chi connectivity index (χ0) is 22.7. The van der Waals surface area contributed by atoms with Crippen LogP contribution < -0.4 is 0 Å². The van der Waals surface area contributed by atoms with Crippen LogP contribution in [0.25, 0.3) is 0 Å². The van der Waals surface area contributed by atoms with Crippen molar-refractivity contribution in [2.45, 2.75) is 80.1 Å². The van der Waals surface area contributed by atoms with Crippen molar-refractivity contribution in [1.29, 1.82) is 0 Å². The van der Waals surface area contributed by atoms with Crippen molar-refractivity contribution >= 4 is 0 Å². The van der Waals surface area contributed by atoms with Crippen LogP contribution in [0.1, 0.15) is 92.7 Å². The number of aryl methyl sites for hydroxylation is 3. The van der Waals surface area contributed by atoms with Gasteiger partial charge in [-0.2, -0.15) is 0 Å².